The Bertz CT molecular complexity index is 854. The summed E-state index contributed by atoms with van der Waals surface area (Å²) in [5.74, 6) is 0.346. The first-order valence-electron chi connectivity index (χ1n) is 8.12. The van der Waals surface area contributed by atoms with Crippen molar-refractivity contribution in [3.8, 4) is 11.5 Å². The largest absolute Gasteiger partial charge is 0.453 e. The third-order valence-corrected chi connectivity index (χ3v) is 3.75. The number of nitrogens with zero attached hydrogens (tertiary/aromatic N) is 4. The van der Waals surface area contributed by atoms with Crippen LogP contribution in [0.15, 0.2) is 40.8 Å². The number of carbonyl (C=O) groups excluding carboxylic acids is 1. The Labute approximate surface area is 145 Å². The van der Waals surface area contributed by atoms with Crippen molar-refractivity contribution in [2.24, 2.45) is 0 Å². The van der Waals surface area contributed by atoms with Crippen molar-refractivity contribution < 1.29 is 13.9 Å². The highest BCUT2D eigenvalue weighted by Crippen LogP contribution is 2.22. The van der Waals surface area contributed by atoms with Crippen LogP contribution >= 0.6 is 0 Å². The number of hydrogen-bond donors (Lipinski definition) is 0. The molecule has 2 heterocycles. The number of esters is 1. The summed E-state index contributed by atoms with van der Waals surface area (Å²) in [4.78, 5) is 12.0. The molecule has 0 bridgehead atoms. The number of aromatic nitrogens is 4. The van der Waals surface area contributed by atoms with Crippen molar-refractivity contribution in [1.29, 1.82) is 0 Å². The van der Waals surface area contributed by atoms with Crippen LogP contribution in [0.2, 0.25) is 0 Å². The van der Waals surface area contributed by atoms with E-state index in [4.69, 9.17) is 9.15 Å². The number of carbonyl (C=O) groups is 1. The normalized spacial score (nSPS) is 12.1. The van der Waals surface area contributed by atoms with E-state index in [0.717, 1.165) is 17.0 Å². The second-order valence-electron chi connectivity index (χ2n) is 5.84. The molecule has 0 saturated carbocycles. The molecular formula is C18H20N4O3. The van der Waals surface area contributed by atoms with E-state index in [1.807, 2.05) is 50.2 Å². The smallest absolute Gasteiger partial charge is 0.308 e. The average molecular weight is 340 g/mol. The van der Waals surface area contributed by atoms with Gasteiger partial charge in [0.15, 0.2) is 6.10 Å². The number of rotatable bonds is 6. The Morgan fingerprint density at radius 2 is 2.00 bits per heavy atom. The first-order chi connectivity index (χ1) is 12.0. The minimum atomic E-state index is -0.599. The van der Waals surface area contributed by atoms with Crippen molar-refractivity contribution in [2.45, 2.75) is 39.8 Å². The lowest BCUT2D eigenvalue weighted by Crippen LogP contribution is -2.13. The molecule has 0 N–H and O–H groups in total. The van der Waals surface area contributed by atoms with Crippen LogP contribution < -0.4 is 0 Å². The van der Waals surface area contributed by atoms with Gasteiger partial charge in [0, 0.05) is 11.3 Å². The van der Waals surface area contributed by atoms with Crippen molar-refractivity contribution in [3.63, 3.8) is 0 Å². The number of hydrogen-bond acceptors (Lipinski definition) is 6. The van der Waals surface area contributed by atoms with Crippen molar-refractivity contribution in [1.82, 2.24) is 20.0 Å². The van der Waals surface area contributed by atoms with Crippen molar-refractivity contribution in [2.75, 3.05) is 0 Å². The second kappa shape index (κ2) is 7.29. The molecular weight excluding hydrogens is 320 g/mol. The van der Waals surface area contributed by atoms with E-state index in [1.165, 1.54) is 0 Å². The predicted octanol–water partition coefficient (Wildman–Crippen LogP) is 3.24. The zero-order chi connectivity index (χ0) is 17.8. The van der Waals surface area contributed by atoms with Crippen LogP contribution in [-0.2, 0) is 16.1 Å². The molecule has 0 spiro atoms. The molecule has 0 unspecified atom stereocenters. The summed E-state index contributed by atoms with van der Waals surface area (Å²) >= 11 is 0. The standard InChI is InChI=1S/C18H20N4O3/c1-12-11-13(2)22(21-12)10-9-16(23)24-14(3)17-19-20-18(25-17)15-7-5-4-6-8-15/h4-8,11,14H,9-10H2,1-3H3/t14-/m1/s1. The maximum Gasteiger partial charge on any atom is 0.308 e. The summed E-state index contributed by atoms with van der Waals surface area (Å²) in [6.45, 7) is 6.06. The molecule has 0 aliphatic carbocycles. The van der Waals surface area contributed by atoms with Crippen LogP contribution in [-0.4, -0.2) is 25.9 Å². The van der Waals surface area contributed by atoms with E-state index < -0.39 is 6.10 Å². The van der Waals surface area contributed by atoms with Gasteiger partial charge in [-0.1, -0.05) is 18.2 Å². The summed E-state index contributed by atoms with van der Waals surface area (Å²) in [6, 6.07) is 11.4. The van der Waals surface area contributed by atoms with Gasteiger partial charge in [0.1, 0.15) is 0 Å². The minimum Gasteiger partial charge on any atom is -0.453 e. The second-order valence-corrected chi connectivity index (χ2v) is 5.84. The SMILES string of the molecule is Cc1cc(C)n(CCC(=O)O[C@H](C)c2nnc(-c3ccccc3)o2)n1. The molecule has 2 aromatic heterocycles. The monoisotopic (exact) mass is 340 g/mol. The quantitative estimate of drug-likeness (QED) is 0.641. The van der Waals surface area contributed by atoms with Gasteiger partial charge in [0.2, 0.25) is 5.89 Å². The third kappa shape index (κ3) is 4.12. The summed E-state index contributed by atoms with van der Waals surface area (Å²) in [6.07, 6.45) is -0.371. The van der Waals surface area contributed by atoms with Crippen LogP contribution in [0, 0.1) is 13.8 Å². The van der Waals surface area contributed by atoms with Gasteiger partial charge in [-0.05, 0) is 39.0 Å². The van der Waals surface area contributed by atoms with Crippen LogP contribution in [0.4, 0.5) is 0 Å². The molecule has 7 nitrogen and oxygen atoms in total. The molecule has 3 aromatic rings. The summed E-state index contributed by atoms with van der Waals surface area (Å²) in [7, 11) is 0. The first kappa shape index (κ1) is 16.9. The van der Waals surface area contributed by atoms with E-state index in [2.05, 4.69) is 15.3 Å². The molecule has 25 heavy (non-hydrogen) atoms. The highest BCUT2D eigenvalue weighted by molar-refractivity contribution is 5.69. The molecule has 130 valence electrons. The number of aryl methyl sites for hydroxylation is 3. The fourth-order valence-corrected chi connectivity index (χ4v) is 2.50. The van der Waals surface area contributed by atoms with Gasteiger partial charge in [0.25, 0.3) is 5.89 Å². The Hall–Kier alpha value is -2.96. The van der Waals surface area contributed by atoms with Gasteiger partial charge < -0.3 is 9.15 Å². The lowest BCUT2D eigenvalue weighted by Gasteiger charge is -2.10. The molecule has 0 aliphatic rings. The van der Waals surface area contributed by atoms with Crippen molar-refractivity contribution in [3.05, 3.63) is 53.7 Å². The predicted molar refractivity (Wildman–Crippen MR) is 90.6 cm³/mol. The minimum absolute atomic E-state index is 0.228. The Morgan fingerprint density at radius 1 is 1.24 bits per heavy atom. The maximum atomic E-state index is 12.0. The first-order valence-corrected chi connectivity index (χ1v) is 8.12. The lowest BCUT2D eigenvalue weighted by atomic mass is 10.2. The molecule has 0 fully saturated rings. The van der Waals surface area contributed by atoms with E-state index in [1.54, 1.807) is 11.6 Å². The summed E-state index contributed by atoms with van der Waals surface area (Å²) in [5.41, 5.74) is 2.77. The molecule has 0 amide bonds. The Kier molecular flexibility index (Phi) is 4.92. The molecule has 0 radical (unpaired) electrons. The van der Waals surface area contributed by atoms with Gasteiger partial charge in [-0.15, -0.1) is 10.2 Å². The molecule has 0 saturated heterocycles. The summed E-state index contributed by atoms with van der Waals surface area (Å²) < 4.78 is 12.8. The molecule has 3 rings (SSSR count). The molecule has 1 atom stereocenters. The average Bonchev–Trinajstić information content (AvgIpc) is 3.20. The highest BCUT2D eigenvalue weighted by Gasteiger charge is 2.19. The lowest BCUT2D eigenvalue weighted by molar-refractivity contribution is -0.150. The Morgan fingerprint density at radius 3 is 2.68 bits per heavy atom. The highest BCUT2D eigenvalue weighted by atomic mass is 16.6. The molecule has 1 aromatic carbocycles. The van der Waals surface area contributed by atoms with Gasteiger partial charge in [-0.25, -0.2) is 0 Å². The fourth-order valence-electron chi connectivity index (χ4n) is 2.50. The zero-order valence-electron chi connectivity index (χ0n) is 14.5. The van der Waals surface area contributed by atoms with Gasteiger partial charge in [-0.3, -0.25) is 9.48 Å². The van der Waals surface area contributed by atoms with Gasteiger partial charge in [0.05, 0.1) is 18.7 Å². The topological polar surface area (TPSA) is 83.0 Å². The zero-order valence-corrected chi connectivity index (χ0v) is 14.5. The van der Waals surface area contributed by atoms with Crippen LogP contribution in [0.25, 0.3) is 11.5 Å². The third-order valence-electron chi connectivity index (χ3n) is 3.75. The number of benzene rings is 1. The molecule has 7 heteroatoms. The molecule has 0 aliphatic heterocycles. The van der Waals surface area contributed by atoms with Crippen LogP contribution in [0.3, 0.4) is 0 Å². The van der Waals surface area contributed by atoms with Crippen molar-refractivity contribution >= 4 is 5.97 Å². The van der Waals surface area contributed by atoms with Gasteiger partial charge >= 0.3 is 5.97 Å². The maximum absolute atomic E-state index is 12.0. The Balaban J connectivity index is 1.57. The van der Waals surface area contributed by atoms with Crippen LogP contribution in [0.1, 0.15) is 36.7 Å². The fraction of sp³-hybridized carbons (Fsp3) is 0.333. The van der Waals surface area contributed by atoms with E-state index in [0.29, 0.717) is 12.4 Å². The van der Waals surface area contributed by atoms with Crippen LogP contribution in [0.5, 0.6) is 0 Å². The van der Waals surface area contributed by atoms with E-state index >= 15 is 0 Å². The van der Waals surface area contributed by atoms with Gasteiger partial charge in [-0.2, -0.15) is 5.10 Å². The van der Waals surface area contributed by atoms with E-state index in [-0.39, 0.29) is 18.3 Å². The van der Waals surface area contributed by atoms with E-state index in [9.17, 15) is 4.79 Å². The number of ether oxygens (including phenoxy) is 1. The summed E-state index contributed by atoms with van der Waals surface area (Å²) in [5, 5.41) is 12.3.